The van der Waals surface area contributed by atoms with E-state index >= 15 is 0 Å². The van der Waals surface area contributed by atoms with E-state index in [2.05, 4.69) is 21.7 Å². The van der Waals surface area contributed by atoms with E-state index in [0.29, 0.717) is 12.0 Å². The van der Waals surface area contributed by atoms with Crippen LogP contribution < -0.4 is 0 Å². The Balaban J connectivity index is 1.83. The van der Waals surface area contributed by atoms with Crippen molar-refractivity contribution in [1.29, 1.82) is 0 Å². The number of aliphatic hydroxyl groups is 1. The lowest BCUT2D eigenvalue weighted by Gasteiger charge is -2.18. The molecule has 2 aromatic rings. The van der Waals surface area contributed by atoms with Crippen molar-refractivity contribution in [2.24, 2.45) is 0 Å². The summed E-state index contributed by atoms with van der Waals surface area (Å²) in [5, 5.41) is 14.2. The highest BCUT2D eigenvalue weighted by molar-refractivity contribution is 7.07. The largest absolute Gasteiger partial charge is 0.388 e. The van der Waals surface area contributed by atoms with Gasteiger partial charge >= 0.3 is 0 Å². The minimum Gasteiger partial charge on any atom is -0.388 e. The molecule has 1 aromatic heterocycles. The van der Waals surface area contributed by atoms with Gasteiger partial charge in [-0.25, -0.2) is 4.39 Å². The molecule has 19 heavy (non-hydrogen) atoms. The van der Waals surface area contributed by atoms with Crippen LogP contribution in [0.5, 0.6) is 0 Å². The van der Waals surface area contributed by atoms with Crippen molar-refractivity contribution in [2.75, 3.05) is 13.6 Å². The van der Waals surface area contributed by atoms with Gasteiger partial charge in [0.25, 0.3) is 0 Å². The van der Waals surface area contributed by atoms with Gasteiger partial charge in [-0.2, -0.15) is 11.3 Å². The van der Waals surface area contributed by atoms with Crippen LogP contribution in [0.1, 0.15) is 23.7 Å². The number of hydrogen-bond donors (Lipinski definition) is 1. The third-order valence-electron chi connectivity index (χ3n) is 3.08. The summed E-state index contributed by atoms with van der Waals surface area (Å²) in [4.78, 5) is 2.13. The van der Waals surface area contributed by atoms with Gasteiger partial charge < -0.3 is 10.0 Å². The first-order valence-electron chi connectivity index (χ1n) is 6.29. The number of benzene rings is 1. The number of nitrogens with zero attached hydrogens (tertiary/aromatic N) is 1. The lowest BCUT2D eigenvalue weighted by atomic mass is 10.1. The number of rotatable bonds is 6. The zero-order valence-electron chi connectivity index (χ0n) is 10.9. The third kappa shape index (κ3) is 4.13. The summed E-state index contributed by atoms with van der Waals surface area (Å²) in [6.45, 7) is 1.58. The Labute approximate surface area is 117 Å². The minimum absolute atomic E-state index is 0.338. The first-order chi connectivity index (χ1) is 9.16. The van der Waals surface area contributed by atoms with Crippen molar-refractivity contribution in [2.45, 2.75) is 19.1 Å². The van der Waals surface area contributed by atoms with Gasteiger partial charge in [-0.3, -0.25) is 0 Å². The molecular weight excluding hydrogens is 261 g/mol. The summed E-state index contributed by atoms with van der Waals surface area (Å²) in [6.07, 6.45) is -0.215. The number of halogens is 1. The zero-order chi connectivity index (χ0) is 13.7. The van der Waals surface area contributed by atoms with Crippen molar-refractivity contribution in [3.8, 4) is 0 Å². The fraction of sp³-hybridized carbons (Fsp3) is 0.333. The van der Waals surface area contributed by atoms with E-state index in [-0.39, 0.29) is 5.82 Å². The predicted octanol–water partition coefficient (Wildman–Crippen LogP) is 3.44. The van der Waals surface area contributed by atoms with Crippen LogP contribution in [0.2, 0.25) is 0 Å². The lowest BCUT2D eigenvalue weighted by molar-refractivity contribution is 0.144. The van der Waals surface area contributed by atoms with Gasteiger partial charge in [0, 0.05) is 18.7 Å². The van der Waals surface area contributed by atoms with E-state index in [0.717, 1.165) is 13.1 Å². The molecule has 0 aliphatic heterocycles. The molecule has 4 heteroatoms. The molecule has 2 nitrogen and oxygen atoms in total. The molecule has 0 saturated heterocycles. The highest BCUT2D eigenvalue weighted by Gasteiger charge is 2.13. The summed E-state index contributed by atoms with van der Waals surface area (Å²) >= 11 is 1.68. The Kier molecular flexibility index (Phi) is 5.07. The van der Waals surface area contributed by atoms with E-state index in [1.165, 1.54) is 11.6 Å². The Morgan fingerprint density at radius 1 is 1.32 bits per heavy atom. The smallest absolute Gasteiger partial charge is 0.128 e. The second-order valence-electron chi connectivity index (χ2n) is 4.70. The van der Waals surface area contributed by atoms with Gasteiger partial charge in [-0.15, -0.1) is 0 Å². The Morgan fingerprint density at radius 3 is 2.79 bits per heavy atom. The van der Waals surface area contributed by atoms with Crippen LogP contribution in [0.25, 0.3) is 0 Å². The molecular formula is C15H18FNOS. The maximum Gasteiger partial charge on any atom is 0.128 e. The molecule has 1 unspecified atom stereocenters. The summed E-state index contributed by atoms with van der Waals surface area (Å²) < 4.78 is 13.5. The van der Waals surface area contributed by atoms with Crippen LogP contribution in [0.3, 0.4) is 0 Å². The molecule has 0 bridgehead atoms. The molecule has 1 atom stereocenters. The van der Waals surface area contributed by atoms with Crippen LogP contribution in [0.15, 0.2) is 41.1 Å². The fourth-order valence-electron chi connectivity index (χ4n) is 2.02. The monoisotopic (exact) mass is 279 g/mol. The van der Waals surface area contributed by atoms with Gasteiger partial charge in [-0.05, 0) is 41.9 Å². The molecule has 0 aliphatic carbocycles. The maximum atomic E-state index is 13.5. The molecule has 0 aliphatic rings. The second-order valence-corrected chi connectivity index (χ2v) is 5.48. The van der Waals surface area contributed by atoms with Crippen molar-refractivity contribution >= 4 is 11.3 Å². The van der Waals surface area contributed by atoms with Gasteiger partial charge in [0.15, 0.2) is 0 Å². The normalized spacial score (nSPS) is 12.8. The standard InChI is InChI=1S/C15H18FNOS/c1-17(10-12-7-9-19-11-12)8-6-15(18)13-4-2-3-5-14(13)16/h2-5,7,9,11,15,18H,6,8,10H2,1H3. The van der Waals surface area contributed by atoms with E-state index in [9.17, 15) is 9.50 Å². The molecule has 0 spiro atoms. The summed E-state index contributed by atoms with van der Waals surface area (Å²) in [5.41, 5.74) is 1.65. The predicted molar refractivity (Wildman–Crippen MR) is 76.6 cm³/mol. The Morgan fingerprint density at radius 2 is 2.11 bits per heavy atom. The van der Waals surface area contributed by atoms with Crippen molar-refractivity contribution < 1.29 is 9.50 Å². The summed E-state index contributed by atoms with van der Waals surface area (Å²) in [6, 6.07) is 8.49. The average molecular weight is 279 g/mol. The third-order valence-corrected chi connectivity index (χ3v) is 3.81. The molecule has 102 valence electrons. The molecule has 2 rings (SSSR count). The maximum absolute atomic E-state index is 13.5. The highest BCUT2D eigenvalue weighted by Crippen LogP contribution is 2.20. The van der Waals surface area contributed by atoms with E-state index < -0.39 is 6.10 Å². The van der Waals surface area contributed by atoms with E-state index in [1.807, 2.05) is 7.05 Å². The molecule has 1 N–H and O–H groups in total. The number of aliphatic hydroxyl groups excluding tert-OH is 1. The Hall–Kier alpha value is -1.23. The van der Waals surface area contributed by atoms with E-state index in [1.54, 1.807) is 29.5 Å². The molecule has 0 radical (unpaired) electrons. The quantitative estimate of drug-likeness (QED) is 0.875. The summed E-state index contributed by atoms with van der Waals surface area (Å²) in [7, 11) is 2.01. The topological polar surface area (TPSA) is 23.5 Å². The van der Waals surface area contributed by atoms with Gasteiger partial charge in [-0.1, -0.05) is 18.2 Å². The van der Waals surface area contributed by atoms with E-state index in [4.69, 9.17) is 0 Å². The average Bonchev–Trinajstić information content (AvgIpc) is 2.89. The number of thiophene rings is 1. The molecule has 1 heterocycles. The van der Waals surface area contributed by atoms with Gasteiger partial charge in [0.05, 0.1) is 6.10 Å². The van der Waals surface area contributed by atoms with Crippen LogP contribution >= 0.6 is 11.3 Å². The fourth-order valence-corrected chi connectivity index (χ4v) is 2.68. The SMILES string of the molecule is CN(CCC(O)c1ccccc1F)Cc1ccsc1. The first kappa shape index (κ1) is 14.2. The van der Waals surface area contributed by atoms with Crippen molar-refractivity contribution in [1.82, 2.24) is 4.90 Å². The van der Waals surface area contributed by atoms with Crippen LogP contribution in [-0.2, 0) is 6.54 Å². The van der Waals surface area contributed by atoms with Crippen molar-refractivity contribution in [3.63, 3.8) is 0 Å². The molecule has 0 fully saturated rings. The highest BCUT2D eigenvalue weighted by atomic mass is 32.1. The zero-order valence-corrected chi connectivity index (χ0v) is 11.7. The molecule has 0 saturated carbocycles. The first-order valence-corrected chi connectivity index (χ1v) is 7.23. The van der Waals surface area contributed by atoms with Crippen LogP contribution in [0, 0.1) is 5.82 Å². The van der Waals surface area contributed by atoms with Crippen LogP contribution in [-0.4, -0.2) is 23.6 Å². The number of hydrogen-bond acceptors (Lipinski definition) is 3. The van der Waals surface area contributed by atoms with Crippen molar-refractivity contribution in [3.05, 3.63) is 58.0 Å². The molecule has 0 amide bonds. The minimum atomic E-state index is -0.744. The van der Waals surface area contributed by atoms with Gasteiger partial charge in [0.2, 0.25) is 0 Å². The lowest BCUT2D eigenvalue weighted by Crippen LogP contribution is -2.20. The second kappa shape index (κ2) is 6.80. The van der Waals surface area contributed by atoms with Crippen LogP contribution in [0.4, 0.5) is 4.39 Å². The van der Waals surface area contributed by atoms with Gasteiger partial charge in [0.1, 0.15) is 5.82 Å². The summed E-state index contributed by atoms with van der Waals surface area (Å²) in [5.74, 6) is -0.338. The Bertz CT molecular complexity index is 501. The molecule has 1 aromatic carbocycles.